The highest BCUT2D eigenvalue weighted by Crippen LogP contribution is 2.12. The van der Waals surface area contributed by atoms with Gasteiger partial charge in [0.2, 0.25) is 0 Å². The van der Waals surface area contributed by atoms with Crippen molar-refractivity contribution in [2.24, 2.45) is 12.8 Å². The summed E-state index contributed by atoms with van der Waals surface area (Å²) in [6.07, 6.45) is 4.77. The average Bonchev–Trinajstić information content (AvgIpc) is 2.75. The first-order chi connectivity index (χ1) is 8.66. The van der Waals surface area contributed by atoms with E-state index in [0.717, 1.165) is 19.3 Å². The standard InChI is InChI=1S/C15H21N3/c1-12-5-3-4-6-13(12)11-14(16)7-8-15-9-10-17-18(15)2/h3-6,9-10,14H,7-8,11,16H2,1-2H3. The van der Waals surface area contributed by atoms with Crippen LogP contribution in [-0.4, -0.2) is 15.8 Å². The van der Waals surface area contributed by atoms with Crippen LogP contribution in [0.4, 0.5) is 0 Å². The molecule has 0 saturated carbocycles. The number of hydrogen-bond acceptors (Lipinski definition) is 2. The molecule has 0 spiro atoms. The quantitative estimate of drug-likeness (QED) is 0.875. The van der Waals surface area contributed by atoms with Gasteiger partial charge in [-0.15, -0.1) is 0 Å². The van der Waals surface area contributed by atoms with Crippen LogP contribution in [0.5, 0.6) is 0 Å². The van der Waals surface area contributed by atoms with Gasteiger partial charge >= 0.3 is 0 Å². The normalized spacial score (nSPS) is 12.6. The van der Waals surface area contributed by atoms with Crippen LogP contribution in [0.15, 0.2) is 36.5 Å². The lowest BCUT2D eigenvalue weighted by Gasteiger charge is -2.13. The van der Waals surface area contributed by atoms with Gasteiger partial charge in [-0.05, 0) is 43.4 Å². The van der Waals surface area contributed by atoms with Crippen molar-refractivity contribution in [1.82, 2.24) is 9.78 Å². The van der Waals surface area contributed by atoms with Crippen LogP contribution in [0.25, 0.3) is 0 Å². The molecule has 0 aliphatic heterocycles. The minimum atomic E-state index is 0.209. The second kappa shape index (κ2) is 5.83. The number of aryl methyl sites for hydroxylation is 3. The predicted molar refractivity (Wildman–Crippen MR) is 74.4 cm³/mol. The van der Waals surface area contributed by atoms with Gasteiger partial charge in [-0.1, -0.05) is 24.3 Å². The maximum absolute atomic E-state index is 6.21. The fourth-order valence-electron chi connectivity index (χ4n) is 2.20. The molecular formula is C15H21N3. The van der Waals surface area contributed by atoms with E-state index in [1.165, 1.54) is 16.8 Å². The predicted octanol–water partition coefficient (Wildman–Crippen LogP) is 2.23. The molecule has 0 aliphatic carbocycles. The van der Waals surface area contributed by atoms with Crippen molar-refractivity contribution < 1.29 is 0 Å². The molecule has 96 valence electrons. The molecule has 0 aliphatic rings. The van der Waals surface area contributed by atoms with Crippen LogP contribution >= 0.6 is 0 Å². The summed E-state index contributed by atoms with van der Waals surface area (Å²) in [5.74, 6) is 0. The molecule has 0 radical (unpaired) electrons. The van der Waals surface area contributed by atoms with Gasteiger partial charge in [-0.25, -0.2) is 0 Å². The van der Waals surface area contributed by atoms with Gasteiger partial charge in [0.15, 0.2) is 0 Å². The van der Waals surface area contributed by atoms with Gasteiger partial charge in [-0.3, -0.25) is 4.68 Å². The van der Waals surface area contributed by atoms with Crippen molar-refractivity contribution in [3.63, 3.8) is 0 Å². The lowest BCUT2D eigenvalue weighted by atomic mass is 9.98. The molecule has 2 N–H and O–H groups in total. The first-order valence-corrected chi connectivity index (χ1v) is 6.44. The molecule has 1 aromatic carbocycles. The highest BCUT2D eigenvalue weighted by molar-refractivity contribution is 5.26. The zero-order valence-corrected chi connectivity index (χ0v) is 11.1. The Morgan fingerprint density at radius 3 is 2.72 bits per heavy atom. The third-order valence-corrected chi connectivity index (χ3v) is 3.44. The molecule has 0 bridgehead atoms. The monoisotopic (exact) mass is 243 g/mol. The van der Waals surface area contributed by atoms with Crippen molar-refractivity contribution in [2.45, 2.75) is 32.2 Å². The maximum atomic E-state index is 6.21. The van der Waals surface area contributed by atoms with Gasteiger partial charge in [0, 0.05) is 25.0 Å². The Hall–Kier alpha value is -1.61. The number of hydrogen-bond donors (Lipinski definition) is 1. The SMILES string of the molecule is Cc1ccccc1CC(N)CCc1ccnn1C. The topological polar surface area (TPSA) is 43.8 Å². The van der Waals surface area contributed by atoms with Crippen LogP contribution < -0.4 is 5.73 Å². The molecule has 1 heterocycles. The Bertz CT molecular complexity index is 502. The lowest BCUT2D eigenvalue weighted by Crippen LogP contribution is -2.24. The number of benzene rings is 1. The van der Waals surface area contributed by atoms with E-state index in [9.17, 15) is 0 Å². The van der Waals surface area contributed by atoms with Crippen LogP contribution in [-0.2, 0) is 19.9 Å². The van der Waals surface area contributed by atoms with Crippen molar-refractivity contribution >= 4 is 0 Å². The smallest absolute Gasteiger partial charge is 0.0492 e. The van der Waals surface area contributed by atoms with Gasteiger partial charge < -0.3 is 5.73 Å². The van der Waals surface area contributed by atoms with Crippen molar-refractivity contribution in [1.29, 1.82) is 0 Å². The van der Waals surface area contributed by atoms with E-state index in [1.807, 2.05) is 17.9 Å². The van der Waals surface area contributed by atoms with E-state index in [0.29, 0.717) is 0 Å². The molecule has 0 fully saturated rings. The largest absolute Gasteiger partial charge is 0.327 e. The summed E-state index contributed by atoms with van der Waals surface area (Å²) in [7, 11) is 1.97. The van der Waals surface area contributed by atoms with Gasteiger partial charge in [-0.2, -0.15) is 5.10 Å². The zero-order valence-electron chi connectivity index (χ0n) is 11.1. The minimum absolute atomic E-state index is 0.209. The van der Waals surface area contributed by atoms with E-state index in [-0.39, 0.29) is 6.04 Å². The Morgan fingerprint density at radius 2 is 2.06 bits per heavy atom. The molecule has 1 aromatic heterocycles. The molecule has 3 heteroatoms. The summed E-state index contributed by atoms with van der Waals surface area (Å²) in [6.45, 7) is 2.14. The molecule has 1 unspecified atom stereocenters. The number of nitrogens with zero attached hydrogens (tertiary/aromatic N) is 2. The van der Waals surface area contributed by atoms with Gasteiger partial charge in [0.25, 0.3) is 0 Å². The second-order valence-corrected chi connectivity index (χ2v) is 4.88. The lowest BCUT2D eigenvalue weighted by molar-refractivity contribution is 0.585. The molecule has 0 saturated heterocycles. The summed E-state index contributed by atoms with van der Waals surface area (Å²) in [5.41, 5.74) is 10.1. The van der Waals surface area contributed by atoms with E-state index in [2.05, 4.69) is 42.4 Å². The average molecular weight is 243 g/mol. The van der Waals surface area contributed by atoms with Crippen molar-refractivity contribution in [2.75, 3.05) is 0 Å². The van der Waals surface area contributed by atoms with E-state index in [1.54, 1.807) is 0 Å². The first kappa shape index (κ1) is 12.8. The number of aromatic nitrogens is 2. The summed E-state index contributed by atoms with van der Waals surface area (Å²) >= 11 is 0. The number of rotatable bonds is 5. The van der Waals surface area contributed by atoms with Crippen molar-refractivity contribution in [3.8, 4) is 0 Å². The summed E-state index contributed by atoms with van der Waals surface area (Å²) in [6, 6.07) is 10.7. The maximum Gasteiger partial charge on any atom is 0.0492 e. The van der Waals surface area contributed by atoms with Gasteiger partial charge in [0.05, 0.1) is 0 Å². The molecule has 0 amide bonds. The van der Waals surface area contributed by atoms with E-state index >= 15 is 0 Å². The van der Waals surface area contributed by atoms with E-state index in [4.69, 9.17) is 5.73 Å². The van der Waals surface area contributed by atoms with Crippen molar-refractivity contribution in [3.05, 3.63) is 53.3 Å². The van der Waals surface area contributed by atoms with E-state index < -0.39 is 0 Å². The highest BCUT2D eigenvalue weighted by atomic mass is 15.2. The third-order valence-electron chi connectivity index (χ3n) is 3.44. The third kappa shape index (κ3) is 3.20. The molecule has 18 heavy (non-hydrogen) atoms. The Balaban J connectivity index is 1.88. The van der Waals surface area contributed by atoms with Crippen LogP contribution in [0.3, 0.4) is 0 Å². The summed E-state index contributed by atoms with van der Waals surface area (Å²) < 4.78 is 1.92. The fourth-order valence-corrected chi connectivity index (χ4v) is 2.20. The molecule has 1 atom stereocenters. The Kier molecular flexibility index (Phi) is 4.15. The summed E-state index contributed by atoms with van der Waals surface area (Å²) in [5, 5.41) is 4.17. The molecule has 2 rings (SSSR count). The highest BCUT2D eigenvalue weighted by Gasteiger charge is 2.07. The summed E-state index contributed by atoms with van der Waals surface area (Å²) in [4.78, 5) is 0. The van der Waals surface area contributed by atoms with Crippen LogP contribution in [0, 0.1) is 6.92 Å². The zero-order chi connectivity index (χ0) is 13.0. The van der Waals surface area contributed by atoms with Gasteiger partial charge in [0.1, 0.15) is 0 Å². The van der Waals surface area contributed by atoms with Crippen LogP contribution in [0.1, 0.15) is 23.2 Å². The number of nitrogens with two attached hydrogens (primary N) is 1. The molecular weight excluding hydrogens is 222 g/mol. The second-order valence-electron chi connectivity index (χ2n) is 4.88. The van der Waals surface area contributed by atoms with Crippen LogP contribution in [0.2, 0.25) is 0 Å². The molecule has 3 nitrogen and oxygen atoms in total. The minimum Gasteiger partial charge on any atom is -0.327 e. The first-order valence-electron chi connectivity index (χ1n) is 6.44. The Morgan fingerprint density at radius 1 is 1.28 bits per heavy atom. The fraction of sp³-hybridized carbons (Fsp3) is 0.400. The Labute approximate surface area is 109 Å². The molecule has 2 aromatic rings.